The Morgan fingerprint density at radius 1 is 1.04 bits per heavy atom. The number of nitrogens with one attached hydrogen (secondary N) is 1. The Kier molecular flexibility index (Phi) is 9.90. The van der Waals surface area contributed by atoms with Crippen molar-refractivity contribution in [2.45, 2.75) is 49.1 Å². The van der Waals surface area contributed by atoms with E-state index in [0.29, 0.717) is 0 Å². The average molecular weight is 705 g/mol. The van der Waals surface area contributed by atoms with Gasteiger partial charge in [0.25, 0.3) is 5.56 Å². The van der Waals surface area contributed by atoms with Crippen molar-refractivity contribution < 1.29 is 46.0 Å². The summed E-state index contributed by atoms with van der Waals surface area (Å²) in [6, 6.07) is 0. The van der Waals surface area contributed by atoms with Gasteiger partial charge in [-0.15, -0.1) is 0 Å². The molecule has 20 nitrogen and oxygen atoms in total. The van der Waals surface area contributed by atoms with Crippen molar-refractivity contribution in [1.82, 2.24) is 39.0 Å². The van der Waals surface area contributed by atoms with Crippen LogP contribution in [0.15, 0.2) is 23.8 Å². The standard InChI is InChI=1S/C22H27FN10O10P2S/c1-37-14-9(42-21(15(14)38-7-46)33-6-29-12-18(33)30-22(25)31-19(12)34)3-40-45(36)43-13-8(2-39-44-35)41-20(10(13)23)32-5-28-11-16(24)26-4-27-17(11)32/h4-6,8-10,13-15,20-21,45-46H,2-3,7H2,1H3,(H2,24,26,27)(H3,25,30,31,34). The Morgan fingerprint density at radius 3 is 2.50 bits per heavy atom. The number of nitrogen functional groups attached to an aromatic ring is 2. The molecule has 248 valence electrons. The van der Waals surface area contributed by atoms with Gasteiger partial charge >= 0.3 is 16.9 Å². The first-order chi connectivity index (χ1) is 22.2. The van der Waals surface area contributed by atoms with E-state index < -0.39 is 71.6 Å². The van der Waals surface area contributed by atoms with E-state index in [2.05, 4.69) is 42.5 Å². The molecule has 4 aromatic heterocycles. The maximum atomic E-state index is 15.9. The van der Waals surface area contributed by atoms with Crippen molar-refractivity contribution in [1.29, 1.82) is 0 Å². The van der Waals surface area contributed by atoms with E-state index in [1.807, 2.05) is 0 Å². The zero-order chi connectivity index (χ0) is 32.5. The fourth-order valence-corrected chi connectivity index (χ4v) is 6.64. The third-order valence-corrected chi connectivity index (χ3v) is 8.64. The number of alkyl halides is 1. The predicted octanol–water partition coefficient (Wildman–Crippen LogP) is 0.559. The van der Waals surface area contributed by atoms with E-state index in [4.69, 9.17) is 44.0 Å². The molecule has 9 unspecified atom stereocenters. The van der Waals surface area contributed by atoms with Crippen LogP contribution in [0.1, 0.15) is 12.5 Å². The van der Waals surface area contributed by atoms with E-state index in [-0.39, 0.29) is 53.2 Å². The van der Waals surface area contributed by atoms with Crippen LogP contribution in [-0.4, -0.2) is 102 Å². The topological polar surface area (TPSA) is 258 Å². The van der Waals surface area contributed by atoms with Crippen molar-refractivity contribution in [3.63, 3.8) is 0 Å². The van der Waals surface area contributed by atoms with Gasteiger partial charge in [0, 0.05) is 7.11 Å². The van der Waals surface area contributed by atoms with Gasteiger partial charge in [0.1, 0.15) is 42.4 Å². The van der Waals surface area contributed by atoms with Crippen LogP contribution >= 0.6 is 29.6 Å². The second kappa shape index (κ2) is 13.9. The lowest BCUT2D eigenvalue weighted by Gasteiger charge is -2.23. The Balaban J connectivity index is 1.17. The largest absolute Gasteiger partial charge is 0.382 e. The maximum absolute atomic E-state index is 15.9. The average Bonchev–Trinajstić information content (AvgIpc) is 3.80. The molecule has 2 aliphatic heterocycles. The number of nitrogens with zero attached hydrogens (tertiary/aromatic N) is 7. The molecule has 0 aromatic carbocycles. The van der Waals surface area contributed by atoms with Crippen LogP contribution in [0, 0.1) is 0 Å². The fourth-order valence-electron chi connectivity index (χ4n) is 5.39. The van der Waals surface area contributed by atoms with Crippen molar-refractivity contribution in [3.05, 3.63) is 29.3 Å². The zero-order valence-electron chi connectivity index (χ0n) is 23.6. The quantitative estimate of drug-likeness (QED) is 0.0842. The van der Waals surface area contributed by atoms with E-state index in [0.717, 1.165) is 0 Å². The number of fused-ring (bicyclic) bond motifs is 2. The molecule has 2 saturated heterocycles. The molecule has 0 saturated carbocycles. The zero-order valence-corrected chi connectivity index (χ0v) is 26.4. The maximum Gasteiger partial charge on any atom is 0.327 e. The van der Waals surface area contributed by atoms with Crippen molar-refractivity contribution in [2.24, 2.45) is 0 Å². The first-order valence-corrected chi connectivity index (χ1v) is 16.0. The van der Waals surface area contributed by atoms with Crippen molar-refractivity contribution in [2.75, 3.05) is 37.7 Å². The number of halogens is 1. The van der Waals surface area contributed by atoms with Gasteiger partial charge in [-0.05, 0) is 0 Å². The number of H-pyrrole nitrogens is 1. The molecule has 2 aliphatic rings. The van der Waals surface area contributed by atoms with Crippen LogP contribution in [0.4, 0.5) is 16.2 Å². The molecular weight excluding hydrogens is 677 g/mol. The number of imidazole rings is 2. The third kappa shape index (κ3) is 6.13. The summed E-state index contributed by atoms with van der Waals surface area (Å²) in [6.45, 7) is -0.716. The number of rotatable bonds is 13. The van der Waals surface area contributed by atoms with Crippen molar-refractivity contribution >= 4 is 63.7 Å². The molecule has 0 spiro atoms. The lowest BCUT2D eigenvalue weighted by atomic mass is 10.1. The summed E-state index contributed by atoms with van der Waals surface area (Å²) in [6.07, 6.45) is -5.55. The van der Waals surface area contributed by atoms with Crippen molar-refractivity contribution in [3.8, 4) is 0 Å². The minimum atomic E-state index is -3.43. The molecule has 4 aromatic rings. The first kappa shape index (κ1) is 32.8. The lowest BCUT2D eigenvalue weighted by Crippen LogP contribution is -2.37. The third-order valence-electron chi connectivity index (χ3n) is 7.37. The summed E-state index contributed by atoms with van der Waals surface area (Å²) in [5.74, 6) is -0.0844. The van der Waals surface area contributed by atoms with Gasteiger partial charge in [0.2, 0.25) is 5.95 Å². The molecule has 24 heteroatoms. The normalized spacial score (nSPS) is 28.9. The van der Waals surface area contributed by atoms with Crippen LogP contribution in [0.3, 0.4) is 0 Å². The SMILES string of the molecule is COC1C(CO[PH](=O)OC2C(COP=O)OC(n3cnc4c(N)ncnc43)C2F)OC(n2cnc3c(=O)[nH]c(N)nc32)C1OCS. The minimum Gasteiger partial charge on any atom is -0.382 e. The smallest absolute Gasteiger partial charge is 0.327 e. The number of ether oxygens (including phenoxy) is 4. The lowest BCUT2D eigenvalue weighted by molar-refractivity contribution is -0.0601. The highest BCUT2D eigenvalue weighted by Gasteiger charge is 2.50. The summed E-state index contributed by atoms with van der Waals surface area (Å²) < 4.78 is 81.9. The van der Waals surface area contributed by atoms with E-state index in [1.54, 1.807) is 0 Å². The molecule has 5 N–H and O–H groups in total. The highest BCUT2D eigenvalue weighted by molar-refractivity contribution is 7.80. The summed E-state index contributed by atoms with van der Waals surface area (Å²) in [4.78, 5) is 35.0. The Bertz CT molecular complexity index is 1800. The van der Waals surface area contributed by atoms with Crippen LogP contribution in [0.2, 0.25) is 0 Å². The number of hydrogen-bond acceptors (Lipinski definition) is 18. The Hall–Kier alpha value is -3.17. The molecular formula is C22H27FN10O10P2S. The Labute approximate surface area is 264 Å². The number of aromatic nitrogens is 8. The molecule has 0 amide bonds. The summed E-state index contributed by atoms with van der Waals surface area (Å²) in [7, 11) is -2.70. The second-order valence-electron chi connectivity index (χ2n) is 9.91. The molecule has 2 fully saturated rings. The molecule has 46 heavy (non-hydrogen) atoms. The molecule has 0 bridgehead atoms. The fraction of sp³-hybridized carbons (Fsp3) is 0.545. The summed E-state index contributed by atoms with van der Waals surface area (Å²) in [5, 5.41) is 0. The van der Waals surface area contributed by atoms with Crippen LogP contribution in [0.25, 0.3) is 22.3 Å². The summed E-state index contributed by atoms with van der Waals surface area (Å²) >= 11 is 4.15. The van der Waals surface area contributed by atoms with Crippen LogP contribution in [0.5, 0.6) is 0 Å². The number of methoxy groups -OCH3 is 1. The van der Waals surface area contributed by atoms with Gasteiger partial charge in [-0.25, -0.2) is 28.9 Å². The second-order valence-corrected chi connectivity index (χ2v) is 11.6. The van der Waals surface area contributed by atoms with Gasteiger partial charge in [0.05, 0.1) is 31.8 Å². The Morgan fingerprint density at radius 2 is 1.76 bits per heavy atom. The predicted molar refractivity (Wildman–Crippen MR) is 158 cm³/mol. The molecule has 9 atom stereocenters. The number of aromatic amines is 1. The highest BCUT2D eigenvalue weighted by atomic mass is 32.1. The van der Waals surface area contributed by atoms with Gasteiger partial charge < -0.3 is 39.5 Å². The molecule has 6 rings (SSSR count). The van der Waals surface area contributed by atoms with Gasteiger partial charge in [-0.3, -0.25) is 28.0 Å². The monoisotopic (exact) mass is 704 g/mol. The van der Waals surface area contributed by atoms with E-state index >= 15 is 4.39 Å². The van der Waals surface area contributed by atoms with E-state index in [1.165, 1.54) is 35.2 Å². The molecule has 6 heterocycles. The summed E-state index contributed by atoms with van der Waals surface area (Å²) in [5.41, 5.74) is 11.6. The van der Waals surface area contributed by atoms with E-state index in [9.17, 15) is 13.9 Å². The van der Waals surface area contributed by atoms with Gasteiger partial charge in [0.15, 0.2) is 41.3 Å². The van der Waals surface area contributed by atoms with Crippen LogP contribution < -0.4 is 17.0 Å². The number of thiol groups is 1. The van der Waals surface area contributed by atoms with Gasteiger partial charge in [-0.1, -0.05) is 0 Å². The minimum absolute atomic E-state index is 0.0157. The number of nitrogens with two attached hydrogens (primary N) is 2. The first-order valence-electron chi connectivity index (χ1n) is 13.4. The van der Waals surface area contributed by atoms with Gasteiger partial charge in [-0.2, -0.15) is 17.6 Å². The highest BCUT2D eigenvalue weighted by Crippen LogP contribution is 2.42. The molecule has 0 aliphatic carbocycles. The number of anilines is 2. The molecule has 0 radical (unpaired) electrons. The van der Waals surface area contributed by atoms with Crippen LogP contribution in [-0.2, 0) is 41.6 Å². The number of hydrogen-bond donors (Lipinski definition) is 4.